The number of terminal acetylenes is 1. The number of hydrogen-bond acceptors (Lipinski definition) is 6. The third-order valence-corrected chi connectivity index (χ3v) is 12.4. The molecule has 30 heavy (non-hydrogen) atoms. The molecular weight excluding hydrogens is 404 g/mol. The molecule has 0 radical (unpaired) electrons. The number of H-pyrrole nitrogens is 1. The normalized spacial score (nSPS) is 27.2. The number of aromatic nitrogens is 2. The molecule has 0 unspecified atom stereocenters. The van der Waals surface area contributed by atoms with E-state index in [2.05, 4.69) is 52.4 Å². The van der Waals surface area contributed by atoms with E-state index >= 15 is 0 Å². The average molecular weight is 439 g/mol. The summed E-state index contributed by atoms with van der Waals surface area (Å²) < 4.78 is 13.9. The van der Waals surface area contributed by atoms with Crippen LogP contribution in [0.25, 0.3) is 0 Å². The molecule has 1 saturated heterocycles. The van der Waals surface area contributed by atoms with Gasteiger partial charge in [0.2, 0.25) is 8.32 Å². The minimum absolute atomic E-state index is 0.143. The second kappa shape index (κ2) is 9.20. The van der Waals surface area contributed by atoms with Crippen LogP contribution in [0.15, 0.2) is 21.9 Å². The maximum absolute atomic E-state index is 12.5. The molecule has 3 N–H and O–H groups in total. The van der Waals surface area contributed by atoms with Gasteiger partial charge < -0.3 is 19.4 Å². The molecular formula is C21H34N2O6Si. The van der Waals surface area contributed by atoms with Crippen molar-refractivity contribution in [1.82, 2.24) is 9.55 Å². The van der Waals surface area contributed by atoms with Gasteiger partial charge in [-0.1, -0.05) is 41.5 Å². The van der Waals surface area contributed by atoms with Gasteiger partial charge >= 0.3 is 5.69 Å². The first kappa shape index (κ1) is 24.6. The van der Waals surface area contributed by atoms with Gasteiger partial charge in [-0.05, 0) is 16.6 Å². The van der Waals surface area contributed by atoms with Crippen LogP contribution in [0.2, 0.25) is 16.6 Å². The van der Waals surface area contributed by atoms with Crippen molar-refractivity contribution < 1.29 is 19.4 Å². The number of aliphatic hydroxyl groups excluding tert-OH is 2. The fourth-order valence-electron chi connectivity index (χ4n) is 5.08. The monoisotopic (exact) mass is 438 g/mol. The van der Waals surface area contributed by atoms with Crippen LogP contribution in [0.3, 0.4) is 0 Å². The minimum atomic E-state index is -2.45. The Morgan fingerprint density at radius 3 is 2.27 bits per heavy atom. The molecule has 2 heterocycles. The molecule has 9 heteroatoms. The summed E-state index contributed by atoms with van der Waals surface area (Å²) in [6.07, 6.45) is 3.58. The fourth-order valence-corrected chi connectivity index (χ4v) is 10.6. The van der Waals surface area contributed by atoms with Crippen LogP contribution >= 0.6 is 0 Å². The standard InChI is InChI=1S/C21H34N2O6Si/c1-8-10-21(23-11-9-17(25)22-20(23)27)19(26)18(16(12-24)28-21)29-30(13(2)3,14(4)5)15(6)7/h1,9,11,13-16,18-19,24,26H,10,12H2,2-7H3,(H,22,25,27)/t16-,18-,19-,21-/m1/s1. The molecule has 1 aromatic rings. The Balaban J connectivity index is 2.61. The molecule has 1 aromatic heterocycles. The zero-order valence-electron chi connectivity index (χ0n) is 18.6. The number of aromatic amines is 1. The summed E-state index contributed by atoms with van der Waals surface area (Å²) >= 11 is 0. The molecule has 8 nitrogen and oxygen atoms in total. The number of rotatable bonds is 8. The Bertz CT molecular complexity index is 865. The van der Waals surface area contributed by atoms with E-state index in [4.69, 9.17) is 15.6 Å². The van der Waals surface area contributed by atoms with Crippen LogP contribution in [-0.4, -0.2) is 53.0 Å². The van der Waals surface area contributed by atoms with Gasteiger partial charge in [0.15, 0.2) is 5.72 Å². The highest BCUT2D eigenvalue weighted by atomic mass is 28.4. The SMILES string of the molecule is C#CC[C@@]1(n2ccc(=O)[nH]c2=O)O[C@H](CO)[C@@H](O[Si](C(C)C)(C(C)C)C(C)C)[C@H]1O. The van der Waals surface area contributed by atoms with E-state index in [0.29, 0.717) is 0 Å². The smallest absolute Gasteiger partial charge is 0.330 e. The van der Waals surface area contributed by atoms with Crippen LogP contribution < -0.4 is 11.2 Å². The summed E-state index contributed by atoms with van der Waals surface area (Å²) in [7, 11) is -2.45. The van der Waals surface area contributed by atoms with Crippen molar-refractivity contribution in [3.63, 3.8) is 0 Å². The van der Waals surface area contributed by atoms with E-state index in [-0.39, 0.29) is 23.0 Å². The summed E-state index contributed by atoms with van der Waals surface area (Å²) in [5, 5.41) is 21.4. The van der Waals surface area contributed by atoms with E-state index < -0.39 is 50.2 Å². The highest BCUT2D eigenvalue weighted by Gasteiger charge is 2.59. The molecule has 1 aliphatic rings. The van der Waals surface area contributed by atoms with Gasteiger partial charge in [0.25, 0.3) is 5.56 Å². The van der Waals surface area contributed by atoms with Gasteiger partial charge in [0.1, 0.15) is 18.3 Å². The zero-order valence-corrected chi connectivity index (χ0v) is 19.6. The number of nitrogens with one attached hydrogen (secondary N) is 1. The van der Waals surface area contributed by atoms with Crippen molar-refractivity contribution in [2.45, 2.75) is 88.6 Å². The van der Waals surface area contributed by atoms with Crippen LogP contribution in [0.5, 0.6) is 0 Å². The molecule has 1 aliphatic heterocycles. The quantitative estimate of drug-likeness (QED) is 0.419. The number of ether oxygens (including phenoxy) is 1. The fraction of sp³-hybridized carbons (Fsp3) is 0.714. The summed E-state index contributed by atoms with van der Waals surface area (Å²) in [6, 6.07) is 1.16. The first-order valence-electron chi connectivity index (χ1n) is 10.4. The molecule has 0 aromatic carbocycles. The molecule has 4 atom stereocenters. The molecule has 168 valence electrons. The number of nitrogens with zero attached hydrogens (tertiary/aromatic N) is 1. The van der Waals surface area contributed by atoms with Gasteiger partial charge in [-0.3, -0.25) is 14.3 Å². The van der Waals surface area contributed by atoms with Crippen molar-refractivity contribution in [1.29, 1.82) is 0 Å². The highest BCUT2D eigenvalue weighted by molar-refractivity contribution is 6.77. The maximum Gasteiger partial charge on any atom is 0.330 e. The summed E-state index contributed by atoms with van der Waals surface area (Å²) in [4.78, 5) is 26.2. The first-order valence-corrected chi connectivity index (χ1v) is 12.5. The lowest BCUT2D eigenvalue weighted by atomic mass is 9.99. The van der Waals surface area contributed by atoms with Gasteiger partial charge in [-0.25, -0.2) is 4.79 Å². The van der Waals surface area contributed by atoms with Crippen LogP contribution in [0, 0.1) is 12.3 Å². The molecule has 2 rings (SSSR count). The topological polar surface area (TPSA) is 114 Å². The lowest BCUT2D eigenvalue weighted by Gasteiger charge is -2.45. The highest BCUT2D eigenvalue weighted by Crippen LogP contribution is 2.47. The third kappa shape index (κ3) is 3.95. The Labute approximate surface area is 178 Å². The van der Waals surface area contributed by atoms with Gasteiger partial charge in [-0.2, -0.15) is 0 Å². The Morgan fingerprint density at radius 2 is 1.83 bits per heavy atom. The molecule has 0 amide bonds. The van der Waals surface area contributed by atoms with Crippen molar-refractivity contribution in [2.75, 3.05) is 6.61 Å². The van der Waals surface area contributed by atoms with Crippen LogP contribution in [-0.2, 0) is 14.9 Å². The van der Waals surface area contributed by atoms with Crippen molar-refractivity contribution in [2.24, 2.45) is 0 Å². The maximum atomic E-state index is 12.5. The second-order valence-corrected chi connectivity index (χ2v) is 14.3. The van der Waals surface area contributed by atoms with Crippen molar-refractivity contribution in [3.8, 4) is 12.3 Å². The van der Waals surface area contributed by atoms with E-state index in [9.17, 15) is 19.8 Å². The first-order chi connectivity index (χ1) is 14.0. The largest absolute Gasteiger partial charge is 0.408 e. The molecule has 0 saturated carbocycles. The summed E-state index contributed by atoms with van der Waals surface area (Å²) in [5.74, 6) is 2.45. The zero-order chi connectivity index (χ0) is 22.9. The van der Waals surface area contributed by atoms with Gasteiger partial charge in [-0.15, -0.1) is 12.3 Å². The Kier molecular flexibility index (Phi) is 7.53. The van der Waals surface area contributed by atoms with Crippen LogP contribution in [0.4, 0.5) is 0 Å². The average Bonchev–Trinajstić information content (AvgIpc) is 2.91. The predicted molar refractivity (Wildman–Crippen MR) is 117 cm³/mol. The Morgan fingerprint density at radius 1 is 1.27 bits per heavy atom. The van der Waals surface area contributed by atoms with Crippen LogP contribution in [0.1, 0.15) is 48.0 Å². The molecule has 0 bridgehead atoms. The van der Waals surface area contributed by atoms with Crippen molar-refractivity contribution >= 4 is 8.32 Å². The van der Waals surface area contributed by atoms with Gasteiger partial charge in [0.05, 0.1) is 13.0 Å². The lowest BCUT2D eigenvalue weighted by molar-refractivity contribution is -0.146. The van der Waals surface area contributed by atoms with E-state index in [1.54, 1.807) is 0 Å². The lowest BCUT2D eigenvalue weighted by Crippen LogP contribution is -2.56. The van der Waals surface area contributed by atoms with E-state index in [1.807, 2.05) is 0 Å². The third-order valence-electron chi connectivity index (χ3n) is 6.31. The molecule has 0 aliphatic carbocycles. The summed E-state index contributed by atoms with van der Waals surface area (Å²) in [6.45, 7) is 12.3. The number of hydrogen-bond donors (Lipinski definition) is 3. The Hall–Kier alpha value is -1.70. The van der Waals surface area contributed by atoms with Gasteiger partial charge in [0, 0.05) is 12.3 Å². The van der Waals surface area contributed by atoms with E-state index in [1.165, 1.54) is 6.20 Å². The number of aliphatic hydroxyl groups is 2. The molecule has 0 spiro atoms. The predicted octanol–water partition coefficient (Wildman–Crippen LogP) is 1.53. The van der Waals surface area contributed by atoms with E-state index in [0.717, 1.165) is 10.6 Å². The summed E-state index contributed by atoms with van der Waals surface area (Å²) in [5.41, 5.74) is -2.27. The second-order valence-electron chi connectivity index (χ2n) is 8.89. The molecule has 1 fully saturated rings. The minimum Gasteiger partial charge on any atom is -0.408 e. The van der Waals surface area contributed by atoms with Crippen molar-refractivity contribution in [3.05, 3.63) is 33.1 Å².